The van der Waals surface area contributed by atoms with Gasteiger partial charge in [-0.25, -0.2) is 8.78 Å². The highest BCUT2D eigenvalue weighted by molar-refractivity contribution is 6.04. The van der Waals surface area contributed by atoms with E-state index in [4.69, 9.17) is 0 Å². The number of nitrogens with one attached hydrogen (secondary N) is 2. The monoisotopic (exact) mass is 265 g/mol. The Morgan fingerprint density at radius 3 is 2.79 bits per heavy atom. The fourth-order valence-corrected chi connectivity index (χ4v) is 1.65. The molecule has 0 spiro atoms. The number of aromatic amines is 1. The minimum atomic E-state index is -0.896. The zero-order valence-electron chi connectivity index (χ0n) is 10.6. The Balaban J connectivity index is 2.27. The molecule has 100 valence electrons. The van der Waals surface area contributed by atoms with Crippen molar-refractivity contribution in [1.29, 1.82) is 0 Å². The number of anilines is 1. The maximum Gasteiger partial charge on any atom is 0.262 e. The normalized spacial score (nSPS) is 10.5. The van der Waals surface area contributed by atoms with E-state index in [1.807, 2.05) is 6.92 Å². The van der Waals surface area contributed by atoms with Gasteiger partial charge < -0.3 is 5.32 Å². The van der Waals surface area contributed by atoms with E-state index in [1.54, 1.807) is 6.07 Å². The average Bonchev–Trinajstić information content (AvgIpc) is 2.82. The van der Waals surface area contributed by atoms with Gasteiger partial charge in [-0.1, -0.05) is 13.0 Å². The fraction of sp³-hybridized carbons (Fsp3) is 0.231. The fourth-order valence-electron chi connectivity index (χ4n) is 1.65. The van der Waals surface area contributed by atoms with Crippen LogP contribution in [-0.4, -0.2) is 16.1 Å². The van der Waals surface area contributed by atoms with E-state index in [1.165, 1.54) is 13.0 Å². The lowest BCUT2D eigenvalue weighted by molar-refractivity contribution is 0.101. The van der Waals surface area contributed by atoms with Crippen molar-refractivity contribution in [3.05, 3.63) is 46.7 Å². The van der Waals surface area contributed by atoms with E-state index in [-0.39, 0.29) is 11.4 Å². The number of aromatic nitrogens is 2. The smallest absolute Gasteiger partial charge is 0.262 e. The van der Waals surface area contributed by atoms with Crippen molar-refractivity contribution < 1.29 is 13.6 Å². The number of halogens is 2. The second-order valence-electron chi connectivity index (χ2n) is 4.14. The molecule has 1 amide bonds. The van der Waals surface area contributed by atoms with Crippen LogP contribution in [0.15, 0.2) is 18.2 Å². The van der Waals surface area contributed by atoms with Crippen molar-refractivity contribution in [2.75, 3.05) is 5.32 Å². The number of carbonyl (C=O) groups excluding carboxylic acids is 1. The number of hydrogen-bond donors (Lipinski definition) is 2. The first-order chi connectivity index (χ1) is 9.02. The zero-order valence-corrected chi connectivity index (χ0v) is 10.6. The molecule has 2 aromatic rings. The number of amides is 1. The van der Waals surface area contributed by atoms with E-state index >= 15 is 0 Å². The van der Waals surface area contributed by atoms with Crippen molar-refractivity contribution >= 4 is 11.7 Å². The van der Waals surface area contributed by atoms with Gasteiger partial charge in [0.1, 0.15) is 17.2 Å². The lowest BCUT2D eigenvalue weighted by Gasteiger charge is -2.06. The van der Waals surface area contributed by atoms with Gasteiger partial charge in [-0.05, 0) is 25.0 Å². The molecule has 0 aliphatic carbocycles. The molecule has 0 fully saturated rings. The van der Waals surface area contributed by atoms with Gasteiger partial charge in [0.15, 0.2) is 5.82 Å². The average molecular weight is 265 g/mol. The maximum atomic E-state index is 13.8. The zero-order chi connectivity index (χ0) is 14.0. The summed E-state index contributed by atoms with van der Waals surface area (Å²) in [6, 6.07) is 3.96. The number of rotatable bonds is 3. The molecule has 19 heavy (non-hydrogen) atoms. The summed E-state index contributed by atoms with van der Waals surface area (Å²) in [7, 11) is 0. The summed E-state index contributed by atoms with van der Waals surface area (Å²) in [6.07, 6.45) is 0.718. The van der Waals surface area contributed by atoms with Crippen molar-refractivity contribution in [3.8, 4) is 0 Å². The molecule has 0 saturated carbocycles. The quantitative estimate of drug-likeness (QED) is 0.896. The molecule has 0 saturated heterocycles. The van der Waals surface area contributed by atoms with Crippen LogP contribution in [0.2, 0.25) is 0 Å². The molecule has 1 aromatic heterocycles. The molecule has 2 rings (SSSR count). The Kier molecular flexibility index (Phi) is 3.59. The highest BCUT2D eigenvalue weighted by Crippen LogP contribution is 2.18. The van der Waals surface area contributed by atoms with Gasteiger partial charge in [-0.2, -0.15) is 5.10 Å². The third-order valence-corrected chi connectivity index (χ3v) is 2.76. The van der Waals surface area contributed by atoms with Gasteiger partial charge in [0, 0.05) is 11.8 Å². The molecular formula is C13H13F2N3O. The number of H-pyrrole nitrogens is 1. The molecule has 2 N–H and O–H groups in total. The van der Waals surface area contributed by atoms with Crippen LogP contribution in [-0.2, 0) is 6.42 Å². The predicted molar refractivity (Wildman–Crippen MR) is 67.0 cm³/mol. The summed E-state index contributed by atoms with van der Waals surface area (Å²) < 4.78 is 27.3. The maximum absolute atomic E-state index is 13.8. The molecule has 0 aliphatic heterocycles. The van der Waals surface area contributed by atoms with E-state index in [2.05, 4.69) is 15.5 Å². The van der Waals surface area contributed by atoms with Gasteiger partial charge in [-0.3, -0.25) is 9.89 Å². The van der Waals surface area contributed by atoms with Crippen LogP contribution in [0.5, 0.6) is 0 Å². The topological polar surface area (TPSA) is 57.8 Å². The van der Waals surface area contributed by atoms with Crippen LogP contribution in [0.3, 0.4) is 0 Å². The second-order valence-corrected chi connectivity index (χ2v) is 4.14. The summed E-state index contributed by atoms with van der Waals surface area (Å²) in [5, 5.41) is 8.89. The molecule has 0 atom stereocenters. The number of hydrogen-bond acceptors (Lipinski definition) is 2. The van der Waals surface area contributed by atoms with Gasteiger partial charge in [0.25, 0.3) is 5.91 Å². The van der Waals surface area contributed by atoms with E-state index < -0.39 is 23.1 Å². The standard InChI is InChI=1S/C13H13F2N3O/c1-3-8-6-10(18-17-8)16-13(19)11-9(14)5-4-7(2)12(11)15/h4-6H,3H2,1-2H3,(H2,16,17,18,19). The van der Waals surface area contributed by atoms with Crippen LogP contribution < -0.4 is 5.32 Å². The highest BCUT2D eigenvalue weighted by Gasteiger charge is 2.19. The summed E-state index contributed by atoms with van der Waals surface area (Å²) in [4.78, 5) is 11.9. The molecule has 6 heteroatoms. The van der Waals surface area contributed by atoms with E-state index in [0.717, 1.165) is 18.2 Å². The Morgan fingerprint density at radius 1 is 1.42 bits per heavy atom. The van der Waals surface area contributed by atoms with Crippen LogP contribution in [0, 0.1) is 18.6 Å². The van der Waals surface area contributed by atoms with E-state index in [9.17, 15) is 13.6 Å². The Bertz CT molecular complexity index is 622. The first kappa shape index (κ1) is 13.2. The summed E-state index contributed by atoms with van der Waals surface area (Å²) >= 11 is 0. The van der Waals surface area contributed by atoms with Gasteiger partial charge in [0.2, 0.25) is 0 Å². The third-order valence-electron chi connectivity index (χ3n) is 2.76. The lowest BCUT2D eigenvalue weighted by atomic mass is 10.1. The minimum absolute atomic E-state index is 0.211. The molecule has 0 bridgehead atoms. The van der Waals surface area contributed by atoms with Crippen LogP contribution in [0.25, 0.3) is 0 Å². The predicted octanol–water partition coefficient (Wildman–Crippen LogP) is 2.81. The van der Waals surface area contributed by atoms with Gasteiger partial charge in [-0.15, -0.1) is 0 Å². The van der Waals surface area contributed by atoms with Crippen LogP contribution >= 0.6 is 0 Å². The summed E-state index contributed by atoms with van der Waals surface area (Å²) in [5.74, 6) is -2.37. The van der Waals surface area contributed by atoms with Crippen molar-refractivity contribution in [1.82, 2.24) is 10.2 Å². The highest BCUT2D eigenvalue weighted by atomic mass is 19.1. The van der Waals surface area contributed by atoms with Crippen molar-refractivity contribution in [2.45, 2.75) is 20.3 Å². The summed E-state index contributed by atoms with van der Waals surface area (Å²) in [6.45, 7) is 3.38. The van der Waals surface area contributed by atoms with Crippen LogP contribution in [0.4, 0.5) is 14.6 Å². The largest absolute Gasteiger partial charge is 0.305 e. The first-order valence-corrected chi connectivity index (χ1v) is 5.83. The minimum Gasteiger partial charge on any atom is -0.305 e. The number of nitrogens with zero attached hydrogens (tertiary/aromatic N) is 1. The third kappa shape index (κ3) is 2.62. The lowest BCUT2D eigenvalue weighted by Crippen LogP contribution is -2.16. The number of carbonyl (C=O) groups is 1. The van der Waals surface area contributed by atoms with Crippen molar-refractivity contribution in [2.24, 2.45) is 0 Å². The van der Waals surface area contributed by atoms with Gasteiger partial charge in [0.05, 0.1) is 0 Å². The van der Waals surface area contributed by atoms with Crippen molar-refractivity contribution in [3.63, 3.8) is 0 Å². The molecule has 4 nitrogen and oxygen atoms in total. The first-order valence-electron chi connectivity index (χ1n) is 5.83. The Morgan fingerprint density at radius 2 is 2.16 bits per heavy atom. The SMILES string of the molecule is CCc1cc(NC(=O)c2c(F)ccc(C)c2F)n[nH]1. The Hall–Kier alpha value is -2.24. The van der Waals surface area contributed by atoms with Gasteiger partial charge >= 0.3 is 0 Å². The second kappa shape index (κ2) is 5.17. The molecule has 0 radical (unpaired) electrons. The molecule has 1 heterocycles. The number of aryl methyl sites for hydroxylation is 2. The Labute approximate surface area is 108 Å². The molecule has 0 unspecified atom stereocenters. The summed E-state index contributed by atoms with van der Waals surface area (Å²) in [5.41, 5.74) is 0.435. The van der Waals surface area contributed by atoms with Crippen LogP contribution in [0.1, 0.15) is 28.5 Å². The molecular weight excluding hydrogens is 252 g/mol. The van der Waals surface area contributed by atoms with E-state index in [0.29, 0.717) is 0 Å². The molecule has 0 aliphatic rings. The number of benzene rings is 1. The molecule has 1 aromatic carbocycles.